The third-order valence-corrected chi connectivity index (χ3v) is 5.18. The molecule has 0 bridgehead atoms. The van der Waals surface area contributed by atoms with Crippen LogP contribution in [0.2, 0.25) is 0 Å². The van der Waals surface area contributed by atoms with E-state index in [0.717, 1.165) is 16.9 Å². The molecule has 0 radical (unpaired) electrons. The fourth-order valence-corrected chi connectivity index (χ4v) is 3.53. The van der Waals surface area contributed by atoms with Gasteiger partial charge >= 0.3 is 6.03 Å². The minimum atomic E-state index is -0.850. The zero-order valence-corrected chi connectivity index (χ0v) is 17.3. The van der Waals surface area contributed by atoms with Gasteiger partial charge < -0.3 is 25.1 Å². The Kier molecular flexibility index (Phi) is 5.27. The molecule has 164 valence electrons. The molecular formula is C22H20N4O6. The van der Waals surface area contributed by atoms with Crippen molar-refractivity contribution in [3.05, 3.63) is 64.9 Å². The molecule has 1 fully saturated rings. The average Bonchev–Trinajstić information content (AvgIpc) is 3.42. The van der Waals surface area contributed by atoms with Crippen LogP contribution in [0.1, 0.15) is 38.1 Å². The maximum atomic E-state index is 11.5. The highest BCUT2D eigenvalue weighted by molar-refractivity contribution is 6.05. The van der Waals surface area contributed by atoms with E-state index in [2.05, 4.69) is 10.6 Å². The quantitative estimate of drug-likeness (QED) is 0.533. The molecule has 3 aromatic rings. The second-order valence-electron chi connectivity index (χ2n) is 7.35. The second kappa shape index (κ2) is 8.06. The lowest BCUT2D eigenvalue weighted by molar-refractivity contribution is -0.120. The van der Waals surface area contributed by atoms with Crippen LogP contribution in [0.3, 0.4) is 0 Å². The lowest BCUT2D eigenvalue weighted by atomic mass is 10.1. The first-order chi connectivity index (χ1) is 15.3. The number of hydrogen-bond donors (Lipinski definition) is 3. The van der Waals surface area contributed by atoms with Gasteiger partial charge in [0.05, 0.1) is 7.11 Å². The maximum Gasteiger partial charge on any atom is 0.322 e. The van der Waals surface area contributed by atoms with E-state index in [-0.39, 0.29) is 5.91 Å². The fraction of sp³-hybridized carbons (Fsp3) is 0.182. The molecule has 3 heterocycles. The number of rotatable bonds is 3. The zero-order valence-electron chi connectivity index (χ0n) is 17.3. The molecule has 2 aliphatic rings. The number of primary amides is 1. The van der Waals surface area contributed by atoms with Crippen LogP contribution in [0, 0.1) is 0 Å². The predicted octanol–water partition coefficient (Wildman–Crippen LogP) is 1.69. The smallest absolute Gasteiger partial charge is 0.322 e. The van der Waals surface area contributed by atoms with Gasteiger partial charge in [-0.3, -0.25) is 19.7 Å². The summed E-state index contributed by atoms with van der Waals surface area (Å²) in [6, 6.07) is 10.5. The van der Waals surface area contributed by atoms with Crippen LogP contribution in [0.15, 0.2) is 46.9 Å². The lowest BCUT2D eigenvalue weighted by Crippen LogP contribution is -2.22. The first-order valence-electron chi connectivity index (χ1n) is 9.64. The topological polar surface area (TPSA) is 144 Å². The summed E-state index contributed by atoms with van der Waals surface area (Å²) in [5, 5.41) is 5.19. The van der Waals surface area contributed by atoms with E-state index in [1.165, 1.54) is 6.07 Å². The number of benzene rings is 2. The number of ether oxygens (including phenoxy) is 1. The van der Waals surface area contributed by atoms with Gasteiger partial charge in [-0.1, -0.05) is 6.07 Å². The molecule has 0 aliphatic carbocycles. The normalized spacial score (nSPS) is 16.9. The van der Waals surface area contributed by atoms with Gasteiger partial charge in [-0.05, 0) is 42.0 Å². The molecule has 10 heteroatoms. The summed E-state index contributed by atoms with van der Waals surface area (Å²) in [7, 11) is 3.40. The average molecular weight is 436 g/mol. The van der Waals surface area contributed by atoms with Crippen molar-refractivity contribution in [1.82, 2.24) is 15.5 Å². The highest BCUT2D eigenvalue weighted by Crippen LogP contribution is 2.27. The van der Waals surface area contributed by atoms with Crippen LogP contribution in [-0.4, -0.2) is 42.8 Å². The number of furan rings is 1. The molecular weight excluding hydrogens is 416 g/mol. The van der Waals surface area contributed by atoms with Crippen LogP contribution < -0.4 is 21.1 Å². The molecule has 2 aromatic carbocycles. The van der Waals surface area contributed by atoms with Gasteiger partial charge in [-0.2, -0.15) is 0 Å². The summed E-state index contributed by atoms with van der Waals surface area (Å²) < 4.78 is 10.5. The number of carbonyl (C=O) groups excluding carboxylic acids is 4. The Hall–Kier alpha value is -4.34. The molecule has 10 nitrogen and oxygen atoms in total. The summed E-state index contributed by atoms with van der Waals surface area (Å²) in [6.45, 7) is 0.707. The van der Waals surface area contributed by atoms with Crippen molar-refractivity contribution in [3.63, 3.8) is 0 Å². The van der Waals surface area contributed by atoms with Crippen LogP contribution in [0.25, 0.3) is 11.0 Å². The van der Waals surface area contributed by atoms with E-state index in [9.17, 15) is 19.2 Å². The van der Waals surface area contributed by atoms with E-state index in [1.807, 2.05) is 12.1 Å². The van der Waals surface area contributed by atoms with Crippen molar-refractivity contribution in [2.45, 2.75) is 12.6 Å². The van der Waals surface area contributed by atoms with Crippen LogP contribution >= 0.6 is 0 Å². The number of nitrogens with zero attached hydrogens (tertiary/aromatic N) is 1. The number of nitrogens with one attached hydrogen (secondary N) is 2. The SMILES string of the molecule is COc1ccc2c(c1)C(=O)N(C)C2.NC(=O)c1ccc2oc(C3NC(=O)NC3=O)cc2c1. The standard InChI is InChI=1S/C12H9N3O4.C10H11NO2/c13-10(16)5-1-2-7-6(3-5)4-8(19-7)9-11(17)15-12(18)14-9;1-11-6-7-3-4-8(13-2)5-9(7)10(11)12/h1-4,9H,(H2,13,16)(H2,14,15,17,18);3-5H,6H2,1-2H3. The van der Waals surface area contributed by atoms with E-state index in [0.29, 0.717) is 28.8 Å². The van der Waals surface area contributed by atoms with Crippen LogP contribution in [-0.2, 0) is 11.3 Å². The molecule has 1 aromatic heterocycles. The molecule has 4 N–H and O–H groups in total. The third kappa shape index (κ3) is 3.85. The molecule has 5 amide bonds. The zero-order chi connectivity index (χ0) is 23.0. The van der Waals surface area contributed by atoms with Gasteiger partial charge in [0.1, 0.15) is 17.1 Å². The first kappa shape index (κ1) is 20.9. The summed E-state index contributed by atoms with van der Waals surface area (Å²) in [6.07, 6.45) is 0. The number of hydrogen-bond acceptors (Lipinski definition) is 6. The van der Waals surface area contributed by atoms with Gasteiger partial charge in [0.25, 0.3) is 11.8 Å². The van der Waals surface area contributed by atoms with Crippen molar-refractivity contribution >= 4 is 34.7 Å². The Labute approximate surface area is 182 Å². The summed E-state index contributed by atoms with van der Waals surface area (Å²) >= 11 is 0. The van der Waals surface area contributed by atoms with E-state index < -0.39 is 23.9 Å². The van der Waals surface area contributed by atoms with Crippen molar-refractivity contribution in [3.8, 4) is 5.75 Å². The maximum absolute atomic E-state index is 11.5. The molecule has 2 aliphatic heterocycles. The highest BCUT2D eigenvalue weighted by Gasteiger charge is 2.33. The molecule has 32 heavy (non-hydrogen) atoms. The number of amides is 5. The highest BCUT2D eigenvalue weighted by atomic mass is 16.5. The Balaban J connectivity index is 0.000000165. The van der Waals surface area contributed by atoms with Crippen molar-refractivity contribution in [1.29, 1.82) is 0 Å². The summed E-state index contributed by atoms with van der Waals surface area (Å²) in [5.41, 5.74) is 7.88. The molecule has 0 spiro atoms. The lowest BCUT2D eigenvalue weighted by Gasteiger charge is -2.04. The van der Waals surface area contributed by atoms with Crippen LogP contribution in [0.4, 0.5) is 4.79 Å². The molecule has 5 rings (SSSR count). The molecule has 1 saturated heterocycles. The van der Waals surface area contributed by atoms with Crippen molar-refractivity contribution < 1.29 is 28.3 Å². The van der Waals surface area contributed by atoms with E-state index in [1.54, 1.807) is 43.3 Å². The largest absolute Gasteiger partial charge is 0.497 e. The van der Waals surface area contributed by atoms with Gasteiger partial charge in [0.15, 0.2) is 6.04 Å². The Bertz CT molecular complexity index is 1260. The molecule has 0 saturated carbocycles. The second-order valence-corrected chi connectivity index (χ2v) is 7.35. The van der Waals surface area contributed by atoms with E-state index in [4.69, 9.17) is 14.9 Å². The Morgan fingerprint density at radius 3 is 2.59 bits per heavy atom. The van der Waals surface area contributed by atoms with Crippen molar-refractivity contribution in [2.75, 3.05) is 14.2 Å². The molecule has 1 unspecified atom stereocenters. The predicted molar refractivity (Wildman–Crippen MR) is 113 cm³/mol. The molecule has 1 atom stereocenters. The minimum Gasteiger partial charge on any atom is -0.497 e. The van der Waals surface area contributed by atoms with Gasteiger partial charge in [0, 0.05) is 30.1 Å². The number of carbonyl (C=O) groups is 4. The fourth-order valence-electron chi connectivity index (χ4n) is 3.53. The number of nitrogens with two attached hydrogens (primary N) is 1. The Morgan fingerprint density at radius 2 is 1.94 bits per heavy atom. The van der Waals surface area contributed by atoms with Crippen LogP contribution in [0.5, 0.6) is 5.75 Å². The number of urea groups is 1. The summed E-state index contributed by atoms with van der Waals surface area (Å²) in [4.78, 5) is 46.9. The monoisotopic (exact) mass is 436 g/mol. The van der Waals surface area contributed by atoms with Gasteiger partial charge in [-0.15, -0.1) is 0 Å². The minimum absolute atomic E-state index is 0.0777. The third-order valence-electron chi connectivity index (χ3n) is 5.18. The van der Waals surface area contributed by atoms with Gasteiger partial charge in [0.2, 0.25) is 5.91 Å². The summed E-state index contributed by atoms with van der Waals surface area (Å²) in [5.74, 6) is 0.104. The number of imide groups is 1. The van der Waals surface area contributed by atoms with Gasteiger partial charge in [-0.25, -0.2) is 4.79 Å². The number of fused-ring (bicyclic) bond motifs is 2. The Morgan fingerprint density at radius 1 is 1.16 bits per heavy atom. The van der Waals surface area contributed by atoms with Crippen molar-refractivity contribution in [2.24, 2.45) is 5.73 Å². The first-order valence-corrected chi connectivity index (χ1v) is 9.64. The van der Waals surface area contributed by atoms with E-state index >= 15 is 0 Å². The number of methoxy groups -OCH3 is 1.